The van der Waals surface area contributed by atoms with Gasteiger partial charge in [-0.1, -0.05) is 0 Å². The maximum Gasteiger partial charge on any atom is 0.224 e. The fourth-order valence-corrected chi connectivity index (χ4v) is 1.40. The lowest BCUT2D eigenvalue weighted by atomic mass is 10.6. The molecule has 0 bridgehead atoms. The molecular weight excluding hydrogens is 188 g/mol. The summed E-state index contributed by atoms with van der Waals surface area (Å²) in [6, 6.07) is 0. The number of aliphatic hydroxyl groups is 1. The average molecular weight is 195 g/mol. The normalized spacial score (nSPS) is 10.5. The number of hydrogen-bond donors (Lipinski definition) is 2. The van der Waals surface area contributed by atoms with Gasteiger partial charge in [0.15, 0.2) is 11.2 Å². The Morgan fingerprint density at radius 2 is 2.54 bits per heavy atom. The summed E-state index contributed by atoms with van der Waals surface area (Å²) in [5, 5.41) is 11.4. The van der Waals surface area contributed by atoms with Gasteiger partial charge in [-0.3, -0.25) is 0 Å². The summed E-state index contributed by atoms with van der Waals surface area (Å²) in [6.45, 7) is 0.504. The molecule has 0 unspecified atom stereocenters. The lowest BCUT2D eigenvalue weighted by Crippen LogP contribution is -2.08. The molecule has 0 aliphatic carbocycles. The van der Waals surface area contributed by atoms with Gasteiger partial charge in [-0.2, -0.15) is 4.98 Å². The highest BCUT2D eigenvalue weighted by atomic mass is 32.1. The molecular formula is C7H7N4OS. The predicted molar refractivity (Wildman–Crippen MR) is 49.6 cm³/mol. The first-order valence-electron chi connectivity index (χ1n) is 3.74. The fraction of sp³-hybridized carbons (Fsp3) is 0.286. The van der Waals surface area contributed by atoms with E-state index in [0.29, 0.717) is 18.1 Å². The standard InChI is InChI=1S/C7H7N4OS/c12-2-1-8-7-9-3-5-6(11-7)10-4-13-5/h3,12H,1-2H2,(H,8,9,11). The van der Waals surface area contributed by atoms with Crippen molar-refractivity contribution in [3.05, 3.63) is 11.7 Å². The van der Waals surface area contributed by atoms with E-state index >= 15 is 0 Å². The maximum absolute atomic E-state index is 8.56. The number of nitrogens with one attached hydrogen (secondary N) is 1. The number of fused-ring (bicyclic) bond motifs is 1. The number of nitrogens with zero attached hydrogens (tertiary/aromatic N) is 3. The van der Waals surface area contributed by atoms with Gasteiger partial charge >= 0.3 is 0 Å². The summed E-state index contributed by atoms with van der Waals surface area (Å²) < 4.78 is 0.912. The minimum atomic E-state index is 0.0601. The van der Waals surface area contributed by atoms with E-state index in [0.717, 1.165) is 4.70 Å². The van der Waals surface area contributed by atoms with Gasteiger partial charge < -0.3 is 10.4 Å². The third kappa shape index (κ3) is 1.73. The van der Waals surface area contributed by atoms with Gasteiger partial charge in [-0.05, 0) is 0 Å². The Morgan fingerprint density at radius 1 is 1.62 bits per heavy atom. The molecule has 0 amide bonds. The molecule has 0 aliphatic rings. The van der Waals surface area contributed by atoms with E-state index in [2.05, 4.69) is 25.8 Å². The lowest BCUT2D eigenvalue weighted by Gasteiger charge is -1.99. The zero-order valence-electron chi connectivity index (χ0n) is 6.69. The van der Waals surface area contributed by atoms with E-state index in [9.17, 15) is 0 Å². The first-order chi connectivity index (χ1) is 6.40. The largest absolute Gasteiger partial charge is 0.395 e. The zero-order chi connectivity index (χ0) is 9.10. The molecule has 0 saturated carbocycles. The minimum absolute atomic E-state index is 0.0601. The second kappa shape index (κ2) is 3.63. The van der Waals surface area contributed by atoms with Crippen LogP contribution in [-0.2, 0) is 0 Å². The topological polar surface area (TPSA) is 70.9 Å². The van der Waals surface area contributed by atoms with Crippen molar-refractivity contribution in [1.29, 1.82) is 0 Å². The lowest BCUT2D eigenvalue weighted by molar-refractivity contribution is 0.311. The van der Waals surface area contributed by atoms with E-state index in [4.69, 9.17) is 5.11 Å². The van der Waals surface area contributed by atoms with Crippen molar-refractivity contribution in [2.45, 2.75) is 0 Å². The highest BCUT2D eigenvalue weighted by Gasteiger charge is 2.00. The molecule has 2 rings (SSSR count). The van der Waals surface area contributed by atoms with Crippen LogP contribution in [-0.4, -0.2) is 33.2 Å². The fourth-order valence-electron chi connectivity index (χ4n) is 0.882. The third-order valence-corrected chi connectivity index (χ3v) is 2.13. The van der Waals surface area contributed by atoms with Crippen molar-refractivity contribution < 1.29 is 5.11 Å². The summed E-state index contributed by atoms with van der Waals surface area (Å²) in [4.78, 5) is 12.1. The Labute approximate surface area is 78.5 Å². The summed E-state index contributed by atoms with van der Waals surface area (Å²) >= 11 is 1.38. The molecule has 67 valence electrons. The highest BCUT2D eigenvalue weighted by Crippen LogP contribution is 2.14. The zero-order valence-corrected chi connectivity index (χ0v) is 7.51. The summed E-state index contributed by atoms with van der Waals surface area (Å²) in [7, 11) is 0. The van der Waals surface area contributed by atoms with Crippen LogP contribution in [0.3, 0.4) is 0 Å². The number of hydrogen-bond acceptors (Lipinski definition) is 6. The Kier molecular flexibility index (Phi) is 2.33. The summed E-state index contributed by atoms with van der Waals surface area (Å²) in [6.07, 6.45) is 1.69. The molecule has 0 fully saturated rings. The molecule has 2 N–H and O–H groups in total. The van der Waals surface area contributed by atoms with Crippen LogP contribution in [0.5, 0.6) is 0 Å². The second-order valence-corrected chi connectivity index (χ2v) is 3.16. The van der Waals surface area contributed by atoms with Gasteiger partial charge in [-0.25, -0.2) is 9.97 Å². The molecule has 2 heterocycles. The van der Waals surface area contributed by atoms with Crippen molar-refractivity contribution in [1.82, 2.24) is 15.0 Å². The van der Waals surface area contributed by atoms with Crippen LogP contribution >= 0.6 is 11.3 Å². The van der Waals surface area contributed by atoms with Crippen molar-refractivity contribution in [3.63, 3.8) is 0 Å². The molecule has 0 aliphatic heterocycles. The molecule has 0 spiro atoms. The molecule has 1 radical (unpaired) electrons. The summed E-state index contributed by atoms with van der Waals surface area (Å²) in [5.41, 5.74) is 3.37. The number of aliphatic hydroxyl groups excluding tert-OH is 1. The third-order valence-electron chi connectivity index (χ3n) is 1.44. The van der Waals surface area contributed by atoms with E-state index in [1.54, 1.807) is 6.20 Å². The van der Waals surface area contributed by atoms with Crippen LogP contribution in [0.1, 0.15) is 0 Å². The Hall–Kier alpha value is -1.27. The molecule has 2 aromatic heterocycles. The Bertz CT molecular complexity index is 402. The summed E-state index contributed by atoms with van der Waals surface area (Å²) in [5.74, 6) is 0.487. The molecule has 13 heavy (non-hydrogen) atoms. The monoisotopic (exact) mass is 195 g/mol. The van der Waals surface area contributed by atoms with Crippen molar-refractivity contribution in [2.24, 2.45) is 0 Å². The van der Waals surface area contributed by atoms with Gasteiger partial charge in [0.1, 0.15) is 0 Å². The van der Waals surface area contributed by atoms with Gasteiger partial charge in [0.25, 0.3) is 0 Å². The van der Waals surface area contributed by atoms with E-state index < -0.39 is 0 Å². The highest BCUT2D eigenvalue weighted by molar-refractivity contribution is 7.16. The number of thiazole rings is 1. The number of anilines is 1. The minimum Gasteiger partial charge on any atom is -0.395 e. The smallest absolute Gasteiger partial charge is 0.224 e. The average Bonchev–Trinajstić information content (AvgIpc) is 2.61. The maximum atomic E-state index is 8.56. The van der Waals surface area contributed by atoms with E-state index in [1.165, 1.54) is 11.3 Å². The van der Waals surface area contributed by atoms with Gasteiger partial charge in [-0.15, -0.1) is 11.3 Å². The van der Waals surface area contributed by atoms with Crippen LogP contribution in [0.15, 0.2) is 6.20 Å². The molecule has 0 aromatic carbocycles. The van der Waals surface area contributed by atoms with Crippen LogP contribution in [0.4, 0.5) is 5.95 Å². The molecule has 0 atom stereocenters. The first-order valence-corrected chi connectivity index (χ1v) is 4.56. The number of rotatable bonds is 3. The molecule has 2 aromatic rings. The molecule has 0 saturated heterocycles. The van der Waals surface area contributed by atoms with Gasteiger partial charge in [0, 0.05) is 6.54 Å². The van der Waals surface area contributed by atoms with Crippen LogP contribution in [0.2, 0.25) is 0 Å². The van der Waals surface area contributed by atoms with Crippen molar-refractivity contribution in [2.75, 3.05) is 18.5 Å². The van der Waals surface area contributed by atoms with E-state index in [-0.39, 0.29) is 6.61 Å². The molecule has 6 heteroatoms. The molecule has 5 nitrogen and oxygen atoms in total. The van der Waals surface area contributed by atoms with Crippen LogP contribution in [0, 0.1) is 5.51 Å². The Balaban J connectivity index is 2.26. The van der Waals surface area contributed by atoms with Gasteiger partial charge in [0.05, 0.1) is 17.5 Å². The first kappa shape index (κ1) is 8.33. The van der Waals surface area contributed by atoms with Crippen LogP contribution < -0.4 is 5.32 Å². The quantitative estimate of drug-likeness (QED) is 0.736. The van der Waals surface area contributed by atoms with Crippen molar-refractivity contribution in [3.8, 4) is 0 Å². The predicted octanol–water partition coefficient (Wildman–Crippen LogP) is 0.291. The van der Waals surface area contributed by atoms with Crippen molar-refractivity contribution >= 4 is 27.6 Å². The second-order valence-electron chi connectivity index (χ2n) is 2.34. The number of aromatic nitrogens is 3. The van der Waals surface area contributed by atoms with Crippen LogP contribution in [0.25, 0.3) is 10.3 Å². The SMILES string of the molecule is OCCNc1ncc2s[c]nc2n1. The van der Waals surface area contributed by atoms with Gasteiger partial charge in [0.2, 0.25) is 5.95 Å². The van der Waals surface area contributed by atoms with E-state index in [1.807, 2.05) is 0 Å². The Morgan fingerprint density at radius 3 is 3.38 bits per heavy atom.